The second-order valence-corrected chi connectivity index (χ2v) is 3.71. The van der Waals surface area contributed by atoms with Crippen LogP contribution < -0.4 is 0 Å². The molecule has 2 aromatic heterocycles. The summed E-state index contributed by atoms with van der Waals surface area (Å²) in [5, 5.41) is 8.21. The molecular weight excluding hydrogens is 225 g/mol. The van der Waals surface area contributed by atoms with Gasteiger partial charge < -0.3 is 0 Å². The zero-order chi connectivity index (χ0) is 11.1. The van der Waals surface area contributed by atoms with Crippen molar-refractivity contribution in [2.45, 2.75) is 6.18 Å². The minimum absolute atomic E-state index is 0.0637. The van der Waals surface area contributed by atoms with Gasteiger partial charge in [-0.1, -0.05) is 0 Å². The first kappa shape index (κ1) is 10.2. The summed E-state index contributed by atoms with van der Waals surface area (Å²) >= 11 is 1.22. The molecule has 0 amide bonds. The van der Waals surface area contributed by atoms with E-state index in [9.17, 15) is 13.2 Å². The maximum atomic E-state index is 12.6. The first-order valence-corrected chi connectivity index (χ1v) is 4.93. The fraction of sp³-hybridized carbons (Fsp3) is 0.222. The third-order valence-corrected chi connectivity index (χ3v) is 2.47. The Morgan fingerprint density at radius 3 is 2.73 bits per heavy atom. The Hall–Kier alpha value is -1.30. The molecule has 2 rings (SSSR count). The summed E-state index contributed by atoms with van der Waals surface area (Å²) < 4.78 is 38.9. The van der Waals surface area contributed by atoms with Gasteiger partial charge >= 0.3 is 6.18 Å². The SMILES string of the molecule is Cn1cc(C(F)(F)F)c(-c2[c]scc2)n1. The van der Waals surface area contributed by atoms with Crippen LogP contribution >= 0.6 is 11.3 Å². The molecule has 0 saturated carbocycles. The summed E-state index contributed by atoms with van der Waals surface area (Å²) in [6.07, 6.45) is -3.40. The lowest BCUT2D eigenvalue weighted by molar-refractivity contribution is -0.137. The van der Waals surface area contributed by atoms with Gasteiger partial charge in [-0.15, -0.1) is 11.3 Å². The van der Waals surface area contributed by atoms with Crippen molar-refractivity contribution >= 4 is 11.3 Å². The van der Waals surface area contributed by atoms with Crippen LogP contribution in [-0.2, 0) is 13.2 Å². The van der Waals surface area contributed by atoms with Crippen molar-refractivity contribution in [3.8, 4) is 11.3 Å². The van der Waals surface area contributed by atoms with E-state index in [4.69, 9.17) is 0 Å². The van der Waals surface area contributed by atoms with Gasteiger partial charge in [0.2, 0.25) is 0 Å². The molecule has 0 aliphatic carbocycles. The molecule has 0 saturated heterocycles. The van der Waals surface area contributed by atoms with Crippen LogP contribution in [0.3, 0.4) is 0 Å². The Morgan fingerprint density at radius 2 is 2.20 bits per heavy atom. The summed E-state index contributed by atoms with van der Waals surface area (Å²) in [7, 11) is 1.46. The minimum Gasteiger partial charge on any atom is -0.275 e. The number of halogens is 3. The molecule has 0 aliphatic heterocycles. The summed E-state index contributed by atoms with van der Waals surface area (Å²) in [5.74, 6) is 0. The monoisotopic (exact) mass is 231 g/mol. The fourth-order valence-corrected chi connectivity index (χ4v) is 1.82. The predicted octanol–water partition coefficient (Wildman–Crippen LogP) is 2.97. The van der Waals surface area contributed by atoms with E-state index in [1.54, 1.807) is 11.4 Å². The number of nitrogens with zero attached hydrogens (tertiary/aromatic N) is 2. The Kier molecular flexibility index (Phi) is 2.30. The van der Waals surface area contributed by atoms with Gasteiger partial charge in [0.15, 0.2) is 0 Å². The summed E-state index contributed by atoms with van der Waals surface area (Å²) in [5.41, 5.74) is -0.404. The molecule has 2 aromatic rings. The zero-order valence-electron chi connectivity index (χ0n) is 7.67. The van der Waals surface area contributed by atoms with Gasteiger partial charge in [-0.05, 0) is 11.4 Å². The predicted molar refractivity (Wildman–Crippen MR) is 50.4 cm³/mol. The fourth-order valence-electron chi connectivity index (χ4n) is 1.26. The van der Waals surface area contributed by atoms with Gasteiger partial charge in [-0.3, -0.25) is 4.68 Å². The Morgan fingerprint density at radius 1 is 1.47 bits per heavy atom. The normalized spacial score (nSPS) is 12.0. The van der Waals surface area contributed by atoms with Gasteiger partial charge in [-0.2, -0.15) is 18.3 Å². The second kappa shape index (κ2) is 3.37. The number of hydrogen-bond donors (Lipinski definition) is 0. The zero-order valence-corrected chi connectivity index (χ0v) is 8.49. The van der Waals surface area contributed by atoms with E-state index in [0.717, 1.165) is 10.9 Å². The van der Waals surface area contributed by atoms with Crippen LogP contribution in [-0.4, -0.2) is 9.78 Å². The van der Waals surface area contributed by atoms with Gasteiger partial charge in [-0.25, -0.2) is 0 Å². The molecule has 0 N–H and O–H groups in total. The van der Waals surface area contributed by atoms with E-state index in [-0.39, 0.29) is 5.69 Å². The molecule has 0 aliphatic rings. The maximum Gasteiger partial charge on any atom is 0.420 e. The Balaban J connectivity index is 2.57. The van der Waals surface area contributed by atoms with E-state index in [0.29, 0.717) is 5.56 Å². The molecule has 0 fully saturated rings. The van der Waals surface area contributed by atoms with Crippen LogP contribution in [0.4, 0.5) is 13.2 Å². The smallest absolute Gasteiger partial charge is 0.275 e. The van der Waals surface area contributed by atoms with Gasteiger partial charge in [0.25, 0.3) is 0 Å². The van der Waals surface area contributed by atoms with Crippen LogP contribution in [0.1, 0.15) is 5.56 Å². The van der Waals surface area contributed by atoms with Crippen molar-refractivity contribution in [1.82, 2.24) is 9.78 Å². The third kappa shape index (κ3) is 1.90. The molecule has 1 radical (unpaired) electrons. The molecule has 79 valence electrons. The maximum absolute atomic E-state index is 12.6. The van der Waals surface area contributed by atoms with Crippen molar-refractivity contribution in [3.05, 3.63) is 28.6 Å². The molecule has 15 heavy (non-hydrogen) atoms. The highest BCUT2D eigenvalue weighted by atomic mass is 32.1. The highest BCUT2D eigenvalue weighted by Crippen LogP contribution is 2.36. The summed E-state index contributed by atoms with van der Waals surface area (Å²) in [4.78, 5) is 0. The lowest BCUT2D eigenvalue weighted by atomic mass is 10.1. The molecule has 0 bridgehead atoms. The Labute approximate surface area is 88.0 Å². The number of rotatable bonds is 1. The van der Waals surface area contributed by atoms with Crippen molar-refractivity contribution in [1.29, 1.82) is 0 Å². The van der Waals surface area contributed by atoms with Gasteiger partial charge in [0, 0.05) is 18.8 Å². The van der Waals surface area contributed by atoms with Crippen molar-refractivity contribution in [2.75, 3.05) is 0 Å². The molecule has 6 heteroatoms. The highest BCUT2D eigenvalue weighted by molar-refractivity contribution is 7.07. The number of hydrogen-bond acceptors (Lipinski definition) is 2. The summed E-state index contributed by atoms with van der Waals surface area (Å²) in [6.45, 7) is 0. The lowest BCUT2D eigenvalue weighted by Crippen LogP contribution is -2.04. The Bertz CT molecular complexity index is 456. The van der Waals surface area contributed by atoms with E-state index in [1.807, 2.05) is 0 Å². The molecule has 0 aromatic carbocycles. The third-order valence-electron chi connectivity index (χ3n) is 1.86. The molecular formula is C9H6F3N2S. The van der Waals surface area contributed by atoms with Crippen LogP contribution in [0.15, 0.2) is 17.6 Å². The van der Waals surface area contributed by atoms with Crippen LogP contribution in [0.2, 0.25) is 0 Å². The quantitative estimate of drug-likeness (QED) is 0.737. The van der Waals surface area contributed by atoms with E-state index in [2.05, 4.69) is 10.5 Å². The number of alkyl halides is 3. The first-order chi connectivity index (χ1) is 6.98. The number of aryl methyl sites for hydroxylation is 1. The lowest BCUT2D eigenvalue weighted by Gasteiger charge is -2.04. The standard InChI is InChI=1S/C9H6F3N2S/c1-14-4-7(9(10,11)12)8(13-14)6-2-3-15-5-6/h2-4H,1H3. The minimum atomic E-state index is -4.38. The van der Waals surface area contributed by atoms with Crippen LogP contribution in [0.5, 0.6) is 0 Å². The van der Waals surface area contributed by atoms with Gasteiger partial charge in [0.05, 0.1) is 5.38 Å². The topological polar surface area (TPSA) is 17.8 Å². The molecule has 0 unspecified atom stereocenters. The molecule has 2 nitrogen and oxygen atoms in total. The van der Waals surface area contributed by atoms with E-state index in [1.165, 1.54) is 18.4 Å². The van der Waals surface area contributed by atoms with Crippen molar-refractivity contribution in [3.63, 3.8) is 0 Å². The highest BCUT2D eigenvalue weighted by Gasteiger charge is 2.36. The van der Waals surface area contributed by atoms with E-state index >= 15 is 0 Å². The van der Waals surface area contributed by atoms with Crippen molar-refractivity contribution in [2.24, 2.45) is 7.05 Å². The van der Waals surface area contributed by atoms with E-state index < -0.39 is 11.7 Å². The average molecular weight is 231 g/mol. The molecule has 0 atom stereocenters. The van der Waals surface area contributed by atoms with Gasteiger partial charge in [0.1, 0.15) is 11.3 Å². The first-order valence-electron chi connectivity index (χ1n) is 4.05. The van der Waals surface area contributed by atoms with Crippen LogP contribution in [0.25, 0.3) is 11.3 Å². The molecule has 2 heterocycles. The summed E-state index contributed by atoms with van der Waals surface area (Å²) in [6, 6.07) is 1.57. The number of thiophene rings is 1. The van der Waals surface area contributed by atoms with Crippen molar-refractivity contribution < 1.29 is 13.2 Å². The molecule has 0 spiro atoms. The average Bonchev–Trinajstić information content (AvgIpc) is 2.68. The van der Waals surface area contributed by atoms with Crippen LogP contribution in [0, 0.1) is 5.38 Å². The largest absolute Gasteiger partial charge is 0.420 e. The second-order valence-electron chi connectivity index (χ2n) is 3.00. The number of aromatic nitrogens is 2.